The lowest BCUT2D eigenvalue weighted by Crippen LogP contribution is -2.00. The highest BCUT2D eigenvalue weighted by molar-refractivity contribution is 9.10. The van der Waals surface area contributed by atoms with Gasteiger partial charge in [-0.3, -0.25) is 0 Å². The molecule has 0 heterocycles. The summed E-state index contributed by atoms with van der Waals surface area (Å²) in [6.45, 7) is 2.94. The summed E-state index contributed by atoms with van der Waals surface area (Å²) in [7, 11) is 0. The van der Waals surface area contributed by atoms with E-state index in [1.54, 1.807) is 0 Å². The van der Waals surface area contributed by atoms with E-state index in [1.165, 1.54) is 5.56 Å². The minimum absolute atomic E-state index is 0.780. The van der Waals surface area contributed by atoms with Crippen molar-refractivity contribution in [3.05, 3.63) is 28.2 Å². The molecule has 1 nitrogen and oxygen atoms in total. The molecule has 0 aliphatic carbocycles. The Morgan fingerprint density at radius 1 is 1.40 bits per heavy atom. The number of hydrogen-bond acceptors (Lipinski definition) is 2. The van der Waals surface area contributed by atoms with E-state index in [0.717, 1.165) is 33.7 Å². The van der Waals surface area contributed by atoms with Crippen molar-refractivity contribution in [1.29, 1.82) is 0 Å². The van der Waals surface area contributed by atoms with Gasteiger partial charge < -0.3 is 4.74 Å². The Bertz CT molecular complexity index is 305. The zero-order valence-corrected chi connectivity index (χ0v) is 12.6. The third kappa shape index (κ3) is 4.79. The zero-order valence-electron chi connectivity index (χ0n) is 8.63. The van der Waals surface area contributed by atoms with Crippen LogP contribution in [-0.2, 0) is 5.33 Å². The van der Waals surface area contributed by atoms with Crippen molar-refractivity contribution in [2.45, 2.75) is 12.3 Å². The van der Waals surface area contributed by atoms with Gasteiger partial charge in [-0.25, -0.2) is 0 Å². The standard InChI is InChI=1S/C11H14Br2OS/c1-2-15-6-5-14-10-3-4-11(13)9(7-10)8-12/h3-4,7H,2,5-6,8H2,1H3. The van der Waals surface area contributed by atoms with Gasteiger partial charge in [-0.15, -0.1) is 0 Å². The van der Waals surface area contributed by atoms with Crippen LogP contribution in [0.25, 0.3) is 0 Å². The molecule has 0 saturated heterocycles. The molecule has 0 unspecified atom stereocenters. The van der Waals surface area contributed by atoms with Crippen LogP contribution in [-0.4, -0.2) is 18.1 Å². The Balaban J connectivity index is 2.47. The van der Waals surface area contributed by atoms with Crippen molar-refractivity contribution in [2.24, 2.45) is 0 Å². The molecule has 0 radical (unpaired) electrons. The second kappa shape index (κ2) is 7.58. The van der Waals surface area contributed by atoms with Gasteiger partial charge in [0, 0.05) is 15.6 Å². The molecular formula is C11H14Br2OS. The normalized spacial score (nSPS) is 10.3. The first-order valence-electron chi connectivity index (χ1n) is 4.83. The van der Waals surface area contributed by atoms with Crippen molar-refractivity contribution in [2.75, 3.05) is 18.1 Å². The maximum Gasteiger partial charge on any atom is 0.119 e. The van der Waals surface area contributed by atoms with E-state index in [0.29, 0.717) is 0 Å². The third-order valence-corrected chi connectivity index (χ3v) is 4.10. The summed E-state index contributed by atoms with van der Waals surface area (Å²) in [5, 5.41) is 0.842. The van der Waals surface area contributed by atoms with Crippen LogP contribution in [0.1, 0.15) is 12.5 Å². The number of ether oxygens (including phenoxy) is 1. The first-order valence-corrected chi connectivity index (χ1v) is 7.89. The van der Waals surface area contributed by atoms with Gasteiger partial charge in [-0.2, -0.15) is 11.8 Å². The van der Waals surface area contributed by atoms with Crippen molar-refractivity contribution < 1.29 is 4.74 Å². The van der Waals surface area contributed by atoms with Crippen LogP contribution < -0.4 is 4.74 Å². The van der Waals surface area contributed by atoms with E-state index >= 15 is 0 Å². The smallest absolute Gasteiger partial charge is 0.119 e. The molecule has 0 aromatic heterocycles. The Hall–Kier alpha value is 0.330. The van der Waals surface area contributed by atoms with Gasteiger partial charge in [0.15, 0.2) is 0 Å². The van der Waals surface area contributed by atoms with E-state index in [2.05, 4.69) is 44.8 Å². The van der Waals surface area contributed by atoms with Gasteiger partial charge >= 0.3 is 0 Å². The Morgan fingerprint density at radius 3 is 2.87 bits per heavy atom. The lowest BCUT2D eigenvalue weighted by molar-refractivity contribution is 0.343. The molecule has 0 atom stereocenters. The van der Waals surface area contributed by atoms with Crippen molar-refractivity contribution >= 4 is 43.6 Å². The minimum atomic E-state index is 0.780. The van der Waals surface area contributed by atoms with Crippen molar-refractivity contribution in [3.8, 4) is 5.75 Å². The maximum atomic E-state index is 5.64. The lowest BCUT2D eigenvalue weighted by atomic mass is 10.2. The molecule has 0 aliphatic heterocycles. The van der Waals surface area contributed by atoms with Gasteiger partial charge in [-0.05, 0) is 29.5 Å². The molecule has 0 spiro atoms. The highest BCUT2D eigenvalue weighted by Crippen LogP contribution is 2.24. The molecule has 0 N–H and O–H groups in total. The lowest BCUT2D eigenvalue weighted by Gasteiger charge is -2.07. The summed E-state index contributed by atoms with van der Waals surface area (Å²) in [6, 6.07) is 6.08. The summed E-state index contributed by atoms with van der Waals surface area (Å²) in [5.74, 6) is 3.15. The summed E-state index contributed by atoms with van der Waals surface area (Å²) in [4.78, 5) is 0. The molecule has 15 heavy (non-hydrogen) atoms. The molecule has 0 aliphatic rings. The minimum Gasteiger partial charge on any atom is -0.493 e. The van der Waals surface area contributed by atoms with Crippen molar-refractivity contribution in [1.82, 2.24) is 0 Å². The Labute approximate surface area is 112 Å². The van der Waals surface area contributed by atoms with Crippen molar-refractivity contribution in [3.63, 3.8) is 0 Å². The average molecular weight is 354 g/mol. The Morgan fingerprint density at radius 2 is 2.20 bits per heavy atom. The number of halogens is 2. The second-order valence-electron chi connectivity index (χ2n) is 2.93. The topological polar surface area (TPSA) is 9.23 Å². The molecule has 1 aromatic rings. The highest BCUT2D eigenvalue weighted by Gasteiger charge is 2.00. The van der Waals surface area contributed by atoms with Gasteiger partial charge in [0.05, 0.1) is 6.61 Å². The molecule has 84 valence electrons. The molecule has 1 rings (SSSR count). The highest BCUT2D eigenvalue weighted by atomic mass is 79.9. The first-order chi connectivity index (χ1) is 7.27. The number of benzene rings is 1. The van der Waals surface area contributed by atoms with E-state index in [1.807, 2.05) is 23.9 Å². The van der Waals surface area contributed by atoms with Gasteiger partial charge in [-0.1, -0.05) is 38.8 Å². The van der Waals surface area contributed by atoms with E-state index in [-0.39, 0.29) is 0 Å². The van der Waals surface area contributed by atoms with Crippen LogP contribution in [0.4, 0.5) is 0 Å². The number of rotatable bonds is 6. The first kappa shape index (κ1) is 13.4. The van der Waals surface area contributed by atoms with Crippen LogP contribution in [0.2, 0.25) is 0 Å². The largest absolute Gasteiger partial charge is 0.493 e. The third-order valence-electron chi connectivity index (χ3n) is 1.86. The van der Waals surface area contributed by atoms with Crippen LogP contribution in [0.5, 0.6) is 5.75 Å². The van der Waals surface area contributed by atoms with E-state index in [9.17, 15) is 0 Å². The summed E-state index contributed by atoms with van der Waals surface area (Å²) in [5.41, 5.74) is 1.22. The van der Waals surface area contributed by atoms with Crippen LogP contribution in [0.3, 0.4) is 0 Å². The number of alkyl halides is 1. The van der Waals surface area contributed by atoms with Gasteiger partial charge in [0.25, 0.3) is 0 Å². The molecule has 0 bridgehead atoms. The van der Waals surface area contributed by atoms with E-state index in [4.69, 9.17) is 4.74 Å². The number of thioether (sulfide) groups is 1. The fourth-order valence-electron chi connectivity index (χ4n) is 1.11. The average Bonchev–Trinajstić information content (AvgIpc) is 2.26. The Kier molecular flexibility index (Phi) is 6.77. The molecular weight excluding hydrogens is 340 g/mol. The van der Waals surface area contributed by atoms with Crippen LogP contribution in [0, 0.1) is 0 Å². The molecule has 1 aromatic carbocycles. The predicted molar refractivity (Wildman–Crippen MR) is 75.3 cm³/mol. The van der Waals surface area contributed by atoms with Crippen LogP contribution >= 0.6 is 43.6 Å². The molecule has 4 heteroatoms. The van der Waals surface area contributed by atoms with Gasteiger partial charge in [0.1, 0.15) is 5.75 Å². The SMILES string of the molecule is CCSCCOc1ccc(Br)c(CBr)c1. The van der Waals surface area contributed by atoms with E-state index < -0.39 is 0 Å². The molecule has 0 fully saturated rings. The second-order valence-corrected chi connectivity index (χ2v) is 5.74. The summed E-state index contributed by atoms with van der Waals surface area (Å²) >= 11 is 8.84. The maximum absolute atomic E-state index is 5.64. The molecule has 0 amide bonds. The van der Waals surface area contributed by atoms with Gasteiger partial charge in [0.2, 0.25) is 0 Å². The number of hydrogen-bond donors (Lipinski definition) is 0. The fourth-order valence-corrected chi connectivity index (χ4v) is 2.82. The fraction of sp³-hybridized carbons (Fsp3) is 0.455. The summed E-state index contributed by atoms with van der Waals surface area (Å²) < 4.78 is 6.76. The quantitative estimate of drug-likeness (QED) is 0.551. The van der Waals surface area contributed by atoms with Crippen LogP contribution in [0.15, 0.2) is 22.7 Å². The predicted octanol–water partition coefficient (Wildman–Crippen LogP) is 4.48. The molecule has 0 saturated carbocycles. The zero-order chi connectivity index (χ0) is 11.1. The summed E-state index contributed by atoms with van der Waals surface area (Å²) in [6.07, 6.45) is 0. The monoisotopic (exact) mass is 352 g/mol.